The maximum absolute atomic E-state index is 12.0. The average molecular weight is 258 g/mol. The summed E-state index contributed by atoms with van der Waals surface area (Å²) < 4.78 is 26.6. The molecule has 0 aliphatic heterocycles. The van der Waals surface area contributed by atoms with Gasteiger partial charge in [0.2, 0.25) is 0 Å². The summed E-state index contributed by atoms with van der Waals surface area (Å²) in [6, 6.07) is 0. The van der Waals surface area contributed by atoms with Crippen LogP contribution in [0.3, 0.4) is 0 Å². The first-order valence-electron chi connectivity index (χ1n) is 5.85. The van der Waals surface area contributed by atoms with E-state index in [0.29, 0.717) is 18.0 Å². The van der Waals surface area contributed by atoms with Crippen molar-refractivity contribution in [2.45, 2.75) is 37.3 Å². The van der Waals surface area contributed by atoms with Crippen molar-refractivity contribution in [3.8, 4) is 0 Å². The van der Waals surface area contributed by atoms with Gasteiger partial charge < -0.3 is 5.73 Å². The Kier molecular flexibility index (Phi) is 3.80. The molecule has 1 saturated carbocycles. The Labute approximate surface area is 101 Å². The third-order valence-electron chi connectivity index (χ3n) is 3.20. The van der Waals surface area contributed by atoms with E-state index in [-0.39, 0.29) is 11.6 Å². The summed E-state index contributed by atoms with van der Waals surface area (Å²) in [5, 5.41) is 6.30. The van der Waals surface area contributed by atoms with E-state index in [9.17, 15) is 8.42 Å². The molecular weight excluding hydrogens is 240 g/mol. The summed E-state index contributed by atoms with van der Waals surface area (Å²) in [7, 11) is -3.50. The van der Waals surface area contributed by atoms with E-state index >= 15 is 0 Å². The van der Waals surface area contributed by atoms with Crippen molar-refractivity contribution < 1.29 is 8.42 Å². The van der Waals surface area contributed by atoms with Gasteiger partial charge in [-0.3, -0.25) is 5.10 Å². The maximum atomic E-state index is 12.0. The minimum absolute atomic E-state index is 0.0954. The van der Waals surface area contributed by atoms with Crippen molar-refractivity contribution in [2.24, 2.45) is 11.7 Å². The van der Waals surface area contributed by atoms with Crippen molar-refractivity contribution in [3.05, 3.63) is 11.8 Å². The molecule has 4 N–H and O–H groups in total. The summed E-state index contributed by atoms with van der Waals surface area (Å²) in [5.41, 5.74) is 5.98. The standard InChI is InChI=1S/C10H18N4O2S/c11-5-9-7-12-14-10(9)17(15,16)13-6-8-3-1-2-4-8/h7-8,13H,1-6,11H2,(H,12,14). The van der Waals surface area contributed by atoms with Crippen molar-refractivity contribution in [2.75, 3.05) is 6.54 Å². The van der Waals surface area contributed by atoms with Crippen LogP contribution in [0.5, 0.6) is 0 Å². The Morgan fingerprint density at radius 1 is 1.47 bits per heavy atom. The average Bonchev–Trinajstić information content (AvgIpc) is 2.97. The number of aromatic nitrogens is 2. The number of sulfonamides is 1. The van der Waals surface area contributed by atoms with Gasteiger partial charge in [-0.1, -0.05) is 12.8 Å². The van der Waals surface area contributed by atoms with Crippen LogP contribution in [0.15, 0.2) is 11.2 Å². The lowest BCUT2D eigenvalue weighted by Gasteiger charge is -2.10. The Balaban J connectivity index is 2.03. The van der Waals surface area contributed by atoms with Crippen LogP contribution in [0, 0.1) is 5.92 Å². The highest BCUT2D eigenvalue weighted by atomic mass is 32.2. The van der Waals surface area contributed by atoms with Crippen LogP contribution >= 0.6 is 0 Å². The largest absolute Gasteiger partial charge is 0.326 e. The molecule has 1 fully saturated rings. The van der Waals surface area contributed by atoms with Gasteiger partial charge in [-0.25, -0.2) is 13.1 Å². The second-order valence-corrected chi connectivity index (χ2v) is 6.13. The fourth-order valence-corrected chi connectivity index (χ4v) is 3.45. The van der Waals surface area contributed by atoms with Gasteiger partial charge in [-0.05, 0) is 18.8 Å². The maximum Gasteiger partial charge on any atom is 0.257 e. The number of rotatable bonds is 5. The van der Waals surface area contributed by atoms with Gasteiger partial charge in [-0.15, -0.1) is 0 Å². The third-order valence-corrected chi connectivity index (χ3v) is 4.64. The zero-order valence-electron chi connectivity index (χ0n) is 9.65. The summed E-state index contributed by atoms with van der Waals surface area (Å²) >= 11 is 0. The van der Waals surface area contributed by atoms with Gasteiger partial charge in [0, 0.05) is 18.7 Å². The van der Waals surface area contributed by atoms with Crippen molar-refractivity contribution >= 4 is 10.0 Å². The quantitative estimate of drug-likeness (QED) is 0.708. The first-order chi connectivity index (χ1) is 8.13. The first kappa shape index (κ1) is 12.5. The summed E-state index contributed by atoms with van der Waals surface area (Å²) in [6.45, 7) is 0.668. The molecule has 0 spiro atoms. The molecule has 0 bridgehead atoms. The van der Waals surface area contributed by atoms with Crippen LogP contribution in [0.25, 0.3) is 0 Å². The highest BCUT2D eigenvalue weighted by Gasteiger charge is 2.22. The molecule has 0 unspecified atom stereocenters. The lowest BCUT2D eigenvalue weighted by Crippen LogP contribution is -2.29. The fraction of sp³-hybridized carbons (Fsp3) is 0.700. The fourth-order valence-electron chi connectivity index (χ4n) is 2.19. The summed E-state index contributed by atoms with van der Waals surface area (Å²) in [5.74, 6) is 0.467. The molecular formula is C10H18N4O2S. The normalized spacial score (nSPS) is 17.7. The van der Waals surface area contributed by atoms with E-state index in [0.717, 1.165) is 12.8 Å². The third kappa shape index (κ3) is 2.85. The van der Waals surface area contributed by atoms with E-state index in [1.54, 1.807) is 0 Å². The van der Waals surface area contributed by atoms with Gasteiger partial charge in [0.25, 0.3) is 10.0 Å². The van der Waals surface area contributed by atoms with Crippen LogP contribution in [0.2, 0.25) is 0 Å². The number of H-pyrrole nitrogens is 1. The van der Waals surface area contributed by atoms with Crippen molar-refractivity contribution in [1.29, 1.82) is 0 Å². The number of nitrogens with zero attached hydrogens (tertiary/aromatic N) is 1. The minimum Gasteiger partial charge on any atom is -0.326 e. The molecule has 0 atom stereocenters. The zero-order valence-corrected chi connectivity index (χ0v) is 10.5. The van der Waals surface area contributed by atoms with E-state index in [2.05, 4.69) is 14.9 Å². The predicted molar refractivity (Wildman–Crippen MR) is 63.6 cm³/mol. The highest BCUT2D eigenvalue weighted by Crippen LogP contribution is 2.24. The van der Waals surface area contributed by atoms with Crippen molar-refractivity contribution in [3.63, 3.8) is 0 Å². The Hall–Kier alpha value is -0.920. The molecule has 1 aromatic heterocycles. The van der Waals surface area contributed by atoms with Crippen LogP contribution in [0.1, 0.15) is 31.2 Å². The molecule has 2 rings (SSSR count). The molecule has 0 aromatic carbocycles. The number of aromatic amines is 1. The molecule has 1 aliphatic rings. The lowest BCUT2D eigenvalue weighted by molar-refractivity contribution is 0.517. The first-order valence-corrected chi connectivity index (χ1v) is 7.34. The van der Waals surface area contributed by atoms with E-state index < -0.39 is 10.0 Å². The van der Waals surface area contributed by atoms with Crippen LogP contribution in [-0.2, 0) is 16.6 Å². The molecule has 0 saturated heterocycles. The molecule has 1 heterocycles. The Morgan fingerprint density at radius 2 is 2.18 bits per heavy atom. The van der Waals surface area contributed by atoms with Crippen LogP contribution in [-0.4, -0.2) is 25.2 Å². The highest BCUT2D eigenvalue weighted by molar-refractivity contribution is 7.89. The summed E-state index contributed by atoms with van der Waals surface area (Å²) in [4.78, 5) is 0. The Morgan fingerprint density at radius 3 is 2.82 bits per heavy atom. The second-order valence-electron chi connectivity index (χ2n) is 4.43. The van der Waals surface area contributed by atoms with Crippen molar-refractivity contribution in [1.82, 2.24) is 14.9 Å². The monoisotopic (exact) mass is 258 g/mol. The van der Waals surface area contributed by atoms with E-state index in [1.165, 1.54) is 19.0 Å². The SMILES string of the molecule is NCc1cn[nH]c1S(=O)(=O)NCC1CCCC1. The molecule has 7 heteroatoms. The molecule has 0 amide bonds. The number of hydrogen-bond acceptors (Lipinski definition) is 4. The Bertz CT molecular complexity index is 462. The van der Waals surface area contributed by atoms with Gasteiger partial charge in [0.05, 0.1) is 6.20 Å². The lowest BCUT2D eigenvalue weighted by atomic mass is 10.1. The number of nitrogens with one attached hydrogen (secondary N) is 2. The zero-order chi connectivity index (χ0) is 12.3. The van der Waals surface area contributed by atoms with Gasteiger partial charge in [0.1, 0.15) is 0 Å². The molecule has 6 nitrogen and oxygen atoms in total. The molecule has 0 radical (unpaired) electrons. The molecule has 1 aromatic rings. The van der Waals surface area contributed by atoms with Gasteiger partial charge in [0.15, 0.2) is 5.03 Å². The molecule has 1 aliphatic carbocycles. The smallest absolute Gasteiger partial charge is 0.257 e. The van der Waals surface area contributed by atoms with Gasteiger partial charge >= 0.3 is 0 Å². The number of nitrogens with two attached hydrogens (primary N) is 1. The molecule has 96 valence electrons. The van der Waals surface area contributed by atoms with Gasteiger partial charge in [-0.2, -0.15) is 5.10 Å². The minimum atomic E-state index is -3.50. The second kappa shape index (κ2) is 5.16. The van der Waals surface area contributed by atoms with E-state index in [1.807, 2.05) is 0 Å². The topological polar surface area (TPSA) is 101 Å². The number of hydrogen-bond donors (Lipinski definition) is 3. The van der Waals surface area contributed by atoms with Crippen LogP contribution < -0.4 is 10.5 Å². The summed E-state index contributed by atoms with van der Waals surface area (Å²) in [6.07, 6.45) is 6.06. The molecule has 17 heavy (non-hydrogen) atoms. The van der Waals surface area contributed by atoms with Crippen LogP contribution in [0.4, 0.5) is 0 Å². The predicted octanol–water partition coefficient (Wildman–Crippen LogP) is 0.337. The van der Waals surface area contributed by atoms with E-state index in [4.69, 9.17) is 5.73 Å².